The lowest BCUT2D eigenvalue weighted by atomic mass is 10.0. The van der Waals surface area contributed by atoms with E-state index in [-0.39, 0.29) is 50.7 Å². The first kappa shape index (κ1) is 43.6. The van der Waals surface area contributed by atoms with Crippen LogP contribution in [-0.4, -0.2) is 167 Å². The highest BCUT2D eigenvalue weighted by Gasteiger charge is 2.26. The number of rotatable bonds is 33. The maximum absolute atomic E-state index is 12.4. The fourth-order valence-corrected chi connectivity index (χ4v) is 4.57. The van der Waals surface area contributed by atoms with Gasteiger partial charge in [0.2, 0.25) is 5.91 Å². The number of aliphatic carboxylic acids is 2. The van der Waals surface area contributed by atoms with Crippen molar-refractivity contribution in [2.75, 3.05) is 98.5 Å². The second kappa shape index (κ2) is 28.8. The second-order valence-corrected chi connectivity index (χ2v) is 11.5. The lowest BCUT2D eigenvalue weighted by molar-refractivity contribution is -0.144. The number of hydrogen-bond acceptors (Lipinski definition) is 11. The molecule has 0 rings (SSSR count). The smallest absolute Gasteiger partial charge is 0.320 e. The third-order valence-corrected chi connectivity index (χ3v) is 7.56. The van der Waals surface area contributed by atoms with Crippen LogP contribution in [0.5, 0.6) is 0 Å². The molecular weight excluding hydrogens is 599 g/mol. The first-order valence-corrected chi connectivity index (χ1v) is 16.6. The molecule has 15 heteroatoms. The number of amides is 1. The highest BCUT2D eigenvalue weighted by molar-refractivity contribution is 6.57. The summed E-state index contributed by atoms with van der Waals surface area (Å²) >= 11 is 0. The van der Waals surface area contributed by atoms with Crippen molar-refractivity contribution in [1.82, 2.24) is 20.0 Å². The van der Waals surface area contributed by atoms with Crippen molar-refractivity contribution in [2.24, 2.45) is 5.92 Å². The molecule has 0 saturated carbocycles. The first-order valence-electron chi connectivity index (χ1n) is 16.6. The number of aldehydes is 1. The van der Waals surface area contributed by atoms with Crippen LogP contribution in [0.3, 0.4) is 0 Å². The predicted molar refractivity (Wildman–Crippen MR) is 177 cm³/mol. The van der Waals surface area contributed by atoms with E-state index in [0.717, 1.165) is 25.7 Å². The minimum absolute atomic E-state index is 0.0274. The molecule has 0 aromatic rings. The van der Waals surface area contributed by atoms with Crippen LogP contribution < -0.4 is 5.32 Å². The molecule has 0 aliphatic carbocycles. The number of nitrogens with zero attached hydrogens (tertiary/aromatic N) is 3. The van der Waals surface area contributed by atoms with E-state index in [4.69, 9.17) is 14.2 Å². The van der Waals surface area contributed by atoms with Crippen molar-refractivity contribution >= 4 is 37.7 Å². The summed E-state index contributed by atoms with van der Waals surface area (Å²) in [6.07, 6.45) is 4.09. The zero-order chi connectivity index (χ0) is 34.6. The van der Waals surface area contributed by atoms with Crippen molar-refractivity contribution in [3.63, 3.8) is 0 Å². The Kier molecular flexibility index (Phi) is 27.3. The van der Waals surface area contributed by atoms with Gasteiger partial charge >= 0.3 is 11.9 Å². The Morgan fingerprint density at radius 3 is 1.98 bits per heavy atom. The Labute approximate surface area is 275 Å². The van der Waals surface area contributed by atoms with Gasteiger partial charge in [-0.1, -0.05) is 27.2 Å². The molecule has 0 bridgehead atoms. The fraction of sp³-hybridized carbons (Fsp3) is 0.839. The maximum Gasteiger partial charge on any atom is 0.320 e. The lowest BCUT2D eigenvalue weighted by Crippen LogP contribution is -2.47. The van der Waals surface area contributed by atoms with Crippen LogP contribution in [0.1, 0.15) is 59.3 Å². The number of carboxylic acid groups (broad SMARTS) is 2. The number of carbonyl (C=O) groups excluding carboxylic acids is 3. The summed E-state index contributed by atoms with van der Waals surface area (Å²) in [5.41, 5.74) is 0.0812. The van der Waals surface area contributed by atoms with Gasteiger partial charge in [0.1, 0.15) is 12.3 Å². The number of ether oxygens (including phenoxy) is 3. The third kappa shape index (κ3) is 24.8. The normalized spacial score (nSPS) is 12.8. The van der Waals surface area contributed by atoms with Crippen LogP contribution >= 0.6 is 0 Å². The first-order chi connectivity index (χ1) is 22.0. The van der Waals surface area contributed by atoms with E-state index in [1.54, 1.807) is 9.80 Å². The van der Waals surface area contributed by atoms with Crippen LogP contribution in [0.25, 0.3) is 0 Å². The number of nitrogens with one attached hydrogen (secondary N) is 1. The van der Waals surface area contributed by atoms with E-state index in [1.165, 1.54) is 7.85 Å². The molecule has 3 N–H and O–H groups in total. The molecule has 266 valence electrons. The number of carboxylic acids is 2. The molecule has 0 aliphatic heterocycles. The summed E-state index contributed by atoms with van der Waals surface area (Å²) in [6.45, 7) is 11.7. The highest BCUT2D eigenvalue weighted by atomic mass is 16.5. The molecule has 0 radical (unpaired) electrons. The van der Waals surface area contributed by atoms with Gasteiger partial charge in [-0.25, -0.2) is 0 Å². The van der Waals surface area contributed by atoms with Gasteiger partial charge in [0.25, 0.3) is 0 Å². The third-order valence-electron chi connectivity index (χ3n) is 7.56. The monoisotopic (exact) mass is 658 g/mol. The van der Waals surface area contributed by atoms with Crippen LogP contribution in [0.4, 0.5) is 0 Å². The van der Waals surface area contributed by atoms with Gasteiger partial charge in [-0.3, -0.25) is 29.1 Å². The van der Waals surface area contributed by atoms with Crippen molar-refractivity contribution in [1.29, 1.82) is 0 Å². The Morgan fingerprint density at radius 2 is 1.41 bits per heavy atom. The van der Waals surface area contributed by atoms with Crippen LogP contribution in [-0.2, 0) is 38.2 Å². The molecule has 46 heavy (non-hydrogen) atoms. The molecule has 14 nitrogen and oxygen atoms in total. The van der Waals surface area contributed by atoms with Gasteiger partial charge in [-0.2, -0.15) is 0 Å². The summed E-state index contributed by atoms with van der Waals surface area (Å²) in [4.78, 5) is 63.8. The van der Waals surface area contributed by atoms with Gasteiger partial charge in [0.15, 0.2) is 7.85 Å². The van der Waals surface area contributed by atoms with Crippen LogP contribution in [0.2, 0.25) is 0 Å². The molecule has 0 spiro atoms. The van der Waals surface area contributed by atoms with Gasteiger partial charge in [0, 0.05) is 45.6 Å². The van der Waals surface area contributed by atoms with E-state index < -0.39 is 18.0 Å². The Morgan fingerprint density at radius 1 is 0.804 bits per heavy atom. The van der Waals surface area contributed by atoms with Crippen LogP contribution in [0, 0.1) is 5.92 Å². The summed E-state index contributed by atoms with van der Waals surface area (Å²) in [5.74, 6) is -1.74. The highest BCUT2D eigenvalue weighted by Crippen LogP contribution is 2.11. The van der Waals surface area contributed by atoms with Gasteiger partial charge in [0.05, 0.1) is 58.4 Å². The zero-order valence-electron chi connectivity index (χ0n) is 28.6. The topological polar surface area (TPSA) is 175 Å². The van der Waals surface area contributed by atoms with Crippen molar-refractivity contribution in [2.45, 2.75) is 65.3 Å². The SMILES string of the molecule is BC(=O)CCOCCOCCOCCNC(=O)CCC(C(=O)O)N(CCC)CCN(CCN(CC=O)CCC(C)CC)CC(=O)O. The summed E-state index contributed by atoms with van der Waals surface area (Å²) in [6, 6.07) is -0.890. The Balaban J connectivity index is 4.66. The molecular formula is C31H59BN4O10. The molecule has 0 saturated heterocycles. The summed E-state index contributed by atoms with van der Waals surface area (Å²) in [7, 11) is 1.51. The molecule has 0 aliphatic rings. The predicted octanol–water partition coefficient (Wildman–Crippen LogP) is -0.0287. The lowest BCUT2D eigenvalue weighted by Gasteiger charge is -2.32. The molecule has 2 unspecified atom stereocenters. The Hall–Kier alpha value is -2.43. The van der Waals surface area contributed by atoms with Crippen molar-refractivity contribution in [3.05, 3.63) is 0 Å². The zero-order valence-corrected chi connectivity index (χ0v) is 28.6. The Bertz CT molecular complexity index is 854. The quantitative estimate of drug-likeness (QED) is 0.0488. The maximum atomic E-state index is 12.4. The second-order valence-electron chi connectivity index (χ2n) is 11.5. The minimum Gasteiger partial charge on any atom is -0.480 e. The average Bonchev–Trinajstić information content (AvgIpc) is 3.00. The standard InChI is InChI=1S/C31H59BN4O10/c1-4-11-36(16-15-35(25-30(40)41)14-13-34(17-18-37)12-8-26(3)5-2)27(31(42)43)6-7-29(39)33-10-20-45-22-24-46-23-21-44-19-9-28(32)38/h18,26-27H,4-17,19-25,32H2,1-3H3,(H,33,39)(H,40,41)(H,42,43). The van der Waals surface area contributed by atoms with Gasteiger partial charge in [-0.05, 0) is 38.3 Å². The largest absolute Gasteiger partial charge is 0.480 e. The van der Waals surface area contributed by atoms with Gasteiger partial charge in [-0.15, -0.1) is 0 Å². The van der Waals surface area contributed by atoms with Gasteiger partial charge < -0.3 is 39.3 Å². The molecule has 0 aromatic carbocycles. The minimum atomic E-state index is -1.03. The van der Waals surface area contributed by atoms with E-state index in [0.29, 0.717) is 84.5 Å². The van der Waals surface area contributed by atoms with E-state index in [1.807, 2.05) is 11.8 Å². The molecule has 1 amide bonds. The number of hydrogen-bond donors (Lipinski definition) is 3. The average molecular weight is 659 g/mol. The van der Waals surface area contributed by atoms with Crippen molar-refractivity contribution < 1.29 is 48.4 Å². The molecule has 2 atom stereocenters. The van der Waals surface area contributed by atoms with E-state index in [9.17, 15) is 34.2 Å². The summed E-state index contributed by atoms with van der Waals surface area (Å²) < 4.78 is 16.1. The van der Waals surface area contributed by atoms with E-state index in [2.05, 4.69) is 19.2 Å². The number of carbonyl (C=O) groups is 5. The van der Waals surface area contributed by atoms with E-state index >= 15 is 0 Å². The van der Waals surface area contributed by atoms with Crippen LogP contribution in [0.15, 0.2) is 0 Å². The molecule has 0 fully saturated rings. The van der Waals surface area contributed by atoms with Crippen molar-refractivity contribution in [3.8, 4) is 0 Å². The molecule has 0 heterocycles. The fourth-order valence-electron chi connectivity index (χ4n) is 4.57. The summed E-state index contributed by atoms with van der Waals surface area (Å²) in [5, 5.41) is 22.2. The molecule has 0 aromatic heterocycles.